The van der Waals surface area contributed by atoms with E-state index in [2.05, 4.69) is 44.8 Å². The maximum atomic E-state index is 3.97. The molecule has 0 unspecified atom stereocenters. The van der Waals surface area contributed by atoms with Crippen LogP contribution in [0.15, 0.2) is 30.5 Å². The molecule has 1 aliphatic rings. The zero-order valence-electron chi connectivity index (χ0n) is 12.6. The van der Waals surface area contributed by atoms with E-state index in [-0.39, 0.29) is 0 Å². The summed E-state index contributed by atoms with van der Waals surface area (Å²) in [7, 11) is 1.92. The second-order valence-corrected chi connectivity index (χ2v) is 5.62. The Kier molecular flexibility index (Phi) is 4.38. The minimum Gasteiger partial charge on any atom is -0.378 e. The molecule has 1 aromatic heterocycles. The first-order valence-electron chi connectivity index (χ1n) is 7.76. The van der Waals surface area contributed by atoms with Gasteiger partial charge in [0.05, 0.1) is 29.8 Å². The van der Waals surface area contributed by atoms with E-state index in [9.17, 15) is 0 Å². The van der Waals surface area contributed by atoms with Crippen LogP contribution in [0.2, 0.25) is 0 Å². The van der Waals surface area contributed by atoms with Crippen molar-refractivity contribution in [2.24, 2.45) is 7.05 Å². The monoisotopic (exact) mass is 285 g/mol. The average Bonchev–Trinajstić information content (AvgIpc) is 2.77. The lowest BCUT2D eigenvalue weighted by Gasteiger charge is -2.25. The van der Waals surface area contributed by atoms with Gasteiger partial charge >= 0.3 is 0 Å². The van der Waals surface area contributed by atoms with Gasteiger partial charge in [-0.2, -0.15) is 0 Å². The highest BCUT2D eigenvalue weighted by Crippen LogP contribution is 2.28. The van der Waals surface area contributed by atoms with Crippen LogP contribution in [0.1, 0.15) is 31.4 Å². The molecule has 1 N–H and O–H groups in total. The third-order valence-corrected chi connectivity index (χ3v) is 4.12. The van der Waals surface area contributed by atoms with Crippen LogP contribution in [0.3, 0.4) is 0 Å². The van der Waals surface area contributed by atoms with Gasteiger partial charge in [0.25, 0.3) is 0 Å². The van der Waals surface area contributed by atoms with Gasteiger partial charge in [0, 0.05) is 20.1 Å². The fourth-order valence-electron chi connectivity index (χ4n) is 2.87. The Labute approximate surface area is 126 Å². The normalized spacial score (nSPS) is 15.8. The summed E-state index contributed by atoms with van der Waals surface area (Å²) in [5, 5.41) is 11.4. The molecule has 1 fully saturated rings. The molecule has 3 rings (SSSR count). The minimum atomic E-state index is 0.744. The molecule has 5 heteroatoms. The molecule has 0 atom stereocenters. The standard InChI is InChI=1S/C16H23N5/c1-20-14(13-18-19-20)12-17-15-8-4-5-9-16(15)21-10-6-2-3-7-11-21/h4-5,8-9,13,17H,2-3,6-7,10-12H2,1H3. The number of anilines is 2. The molecule has 5 nitrogen and oxygen atoms in total. The zero-order chi connectivity index (χ0) is 14.5. The lowest BCUT2D eigenvalue weighted by molar-refractivity contribution is 0.683. The Bertz CT molecular complexity index is 570. The summed E-state index contributed by atoms with van der Waals surface area (Å²) < 4.78 is 1.81. The van der Waals surface area contributed by atoms with E-state index in [0.717, 1.165) is 25.3 Å². The van der Waals surface area contributed by atoms with Crippen LogP contribution >= 0.6 is 0 Å². The van der Waals surface area contributed by atoms with Crippen LogP contribution in [0.25, 0.3) is 0 Å². The van der Waals surface area contributed by atoms with Gasteiger partial charge in [-0.1, -0.05) is 30.2 Å². The van der Waals surface area contributed by atoms with Gasteiger partial charge < -0.3 is 10.2 Å². The molecular formula is C16H23N5. The predicted octanol–water partition coefficient (Wildman–Crippen LogP) is 2.81. The fourth-order valence-corrected chi connectivity index (χ4v) is 2.87. The molecule has 2 aromatic rings. The van der Waals surface area contributed by atoms with Crippen molar-refractivity contribution in [3.05, 3.63) is 36.2 Å². The first-order chi connectivity index (χ1) is 10.3. The molecule has 0 saturated carbocycles. The zero-order valence-corrected chi connectivity index (χ0v) is 12.6. The van der Waals surface area contributed by atoms with Crippen molar-refractivity contribution in [3.63, 3.8) is 0 Å². The Morgan fingerprint density at radius 2 is 1.86 bits per heavy atom. The first-order valence-corrected chi connectivity index (χ1v) is 7.76. The van der Waals surface area contributed by atoms with Gasteiger partial charge in [-0.3, -0.25) is 4.68 Å². The van der Waals surface area contributed by atoms with Gasteiger partial charge in [-0.05, 0) is 25.0 Å². The van der Waals surface area contributed by atoms with E-state index in [0.29, 0.717) is 0 Å². The quantitative estimate of drug-likeness (QED) is 0.938. The second-order valence-electron chi connectivity index (χ2n) is 5.62. The molecule has 1 aliphatic heterocycles. The van der Waals surface area contributed by atoms with Gasteiger partial charge in [0.2, 0.25) is 0 Å². The van der Waals surface area contributed by atoms with Crippen molar-refractivity contribution < 1.29 is 0 Å². The third kappa shape index (κ3) is 3.35. The molecule has 0 spiro atoms. The summed E-state index contributed by atoms with van der Waals surface area (Å²) in [6.07, 6.45) is 7.10. The van der Waals surface area contributed by atoms with Crippen LogP contribution in [0.4, 0.5) is 11.4 Å². The van der Waals surface area contributed by atoms with Crippen LogP contribution in [0, 0.1) is 0 Å². The fraction of sp³-hybridized carbons (Fsp3) is 0.500. The molecule has 2 heterocycles. The van der Waals surface area contributed by atoms with E-state index in [1.165, 1.54) is 37.1 Å². The topological polar surface area (TPSA) is 46.0 Å². The number of para-hydroxylation sites is 2. The number of benzene rings is 1. The number of nitrogens with zero attached hydrogens (tertiary/aromatic N) is 4. The minimum absolute atomic E-state index is 0.744. The van der Waals surface area contributed by atoms with Crippen molar-refractivity contribution in [3.8, 4) is 0 Å². The molecule has 21 heavy (non-hydrogen) atoms. The van der Waals surface area contributed by atoms with Gasteiger partial charge in [0.15, 0.2) is 0 Å². The van der Waals surface area contributed by atoms with Crippen LogP contribution < -0.4 is 10.2 Å². The highest BCUT2D eigenvalue weighted by Gasteiger charge is 2.13. The Balaban J connectivity index is 1.74. The molecule has 0 aliphatic carbocycles. The van der Waals surface area contributed by atoms with Gasteiger partial charge in [0.1, 0.15) is 0 Å². The Hall–Kier alpha value is -2.04. The second kappa shape index (κ2) is 6.61. The summed E-state index contributed by atoms with van der Waals surface area (Å²) in [6.45, 7) is 3.06. The van der Waals surface area contributed by atoms with E-state index < -0.39 is 0 Å². The third-order valence-electron chi connectivity index (χ3n) is 4.12. The summed E-state index contributed by atoms with van der Waals surface area (Å²) >= 11 is 0. The molecule has 112 valence electrons. The highest BCUT2D eigenvalue weighted by molar-refractivity contribution is 5.70. The smallest absolute Gasteiger partial charge is 0.0774 e. The molecular weight excluding hydrogens is 262 g/mol. The van der Waals surface area contributed by atoms with Gasteiger partial charge in [-0.25, -0.2) is 0 Å². The molecule has 0 bridgehead atoms. The Morgan fingerprint density at radius 1 is 1.10 bits per heavy atom. The molecule has 1 saturated heterocycles. The van der Waals surface area contributed by atoms with Crippen LogP contribution in [0.5, 0.6) is 0 Å². The molecule has 0 amide bonds. The summed E-state index contributed by atoms with van der Waals surface area (Å²) in [5.41, 5.74) is 3.59. The van der Waals surface area contributed by atoms with Gasteiger partial charge in [-0.15, -0.1) is 5.10 Å². The average molecular weight is 285 g/mol. The lowest BCUT2D eigenvalue weighted by atomic mass is 10.2. The van der Waals surface area contributed by atoms with E-state index in [1.54, 1.807) is 0 Å². The van der Waals surface area contributed by atoms with Crippen molar-refractivity contribution in [1.82, 2.24) is 15.0 Å². The molecule has 1 aromatic carbocycles. The summed E-state index contributed by atoms with van der Waals surface area (Å²) in [5.74, 6) is 0. The maximum Gasteiger partial charge on any atom is 0.0774 e. The van der Waals surface area contributed by atoms with Crippen LogP contribution in [-0.2, 0) is 13.6 Å². The van der Waals surface area contributed by atoms with E-state index in [1.807, 2.05) is 17.9 Å². The number of nitrogens with one attached hydrogen (secondary N) is 1. The van der Waals surface area contributed by atoms with E-state index >= 15 is 0 Å². The number of aryl methyl sites for hydroxylation is 1. The maximum absolute atomic E-state index is 3.97. The summed E-state index contributed by atoms with van der Waals surface area (Å²) in [6, 6.07) is 8.58. The SMILES string of the molecule is Cn1nncc1CNc1ccccc1N1CCCCCC1. The van der Waals surface area contributed by atoms with Crippen molar-refractivity contribution >= 4 is 11.4 Å². The number of hydrogen-bond acceptors (Lipinski definition) is 4. The predicted molar refractivity (Wildman–Crippen MR) is 85.5 cm³/mol. The number of aromatic nitrogens is 3. The van der Waals surface area contributed by atoms with Crippen LogP contribution in [-0.4, -0.2) is 28.1 Å². The van der Waals surface area contributed by atoms with Crippen molar-refractivity contribution in [2.75, 3.05) is 23.3 Å². The highest BCUT2D eigenvalue weighted by atomic mass is 15.4. The first kappa shape index (κ1) is 13.9. The largest absolute Gasteiger partial charge is 0.378 e. The number of rotatable bonds is 4. The lowest BCUT2D eigenvalue weighted by Crippen LogP contribution is -2.25. The van der Waals surface area contributed by atoms with Crippen molar-refractivity contribution in [2.45, 2.75) is 32.2 Å². The number of hydrogen-bond donors (Lipinski definition) is 1. The Morgan fingerprint density at radius 3 is 2.57 bits per heavy atom. The summed E-state index contributed by atoms with van der Waals surface area (Å²) in [4.78, 5) is 2.51. The molecule has 0 radical (unpaired) electrons. The van der Waals surface area contributed by atoms with E-state index in [4.69, 9.17) is 0 Å². The van der Waals surface area contributed by atoms with Crippen molar-refractivity contribution in [1.29, 1.82) is 0 Å².